The first-order chi connectivity index (χ1) is 10.1. The molecule has 0 saturated carbocycles. The van der Waals surface area contributed by atoms with Crippen LogP contribution < -0.4 is 10.6 Å². The molecule has 1 saturated heterocycles. The molecule has 1 unspecified atom stereocenters. The SMILES string of the molecule is CN(CC(=O)Nc1ccccc1)C(=O)CC1CNCCO1.Cl. The Kier molecular flexibility index (Phi) is 7.87. The second-order valence-electron chi connectivity index (χ2n) is 5.07. The van der Waals surface area contributed by atoms with Gasteiger partial charge in [-0.1, -0.05) is 18.2 Å². The Morgan fingerprint density at radius 1 is 1.36 bits per heavy atom. The number of likely N-dealkylation sites (N-methyl/N-ethyl adjacent to an activating group) is 1. The summed E-state index contributed by atoms with van der Waals surface area (Å²) in [5, 5.41) is 5.93. The normalized spacial score (nSPS) is 17.2. The van der Waals surface area contributed by atoms with Crippen LogP contribution in [0.2, 0.25) is 0 Å². The molecule has 0 aliphatic carbocycles. The number of anilines is 1. The van der Waals surface area contributed by atoms with Gasteiger partial charge in [-0.3, -0.25) is 9.59 Å². The van der Waals surface area contributed by atoms with Crippen molar-refractivity contribution >= 4 is 29.9 Å². The van der Waals surface area contributed by atoms with Gasteiger partial charge in [-0.25, -0.2) is 0 Å². The Morgan fingerprint density at radius 2 is 2.09 bits per heavy atom. The van der Waals surface area contributed by atoms with Gasteiger partial charge in [0.2, 0.25) is 11.8 Å². The van der Waals surface area contributed by atoms with Crippen molar-refractivity contribution < 1.29 is 14.3 Å². The lowest BCUT2D eigenvalue weighted by atomic mass is 10.2. The predicted molar refractivity (Wildman–Crippen MR) is 87.2 cm³/mol. The Morgan fingerprint density at radius 3 is 2.73 bits per heavy atom. The van der Waals surface area contributed by atoms with Crippen LogP contribution in [0.5, 0.6) is 0 Å². The van der Waals surface area contributed by atoms with E-state index in [-0.39, 0.29) is 36.9 Å². The van der Waals surface area contributed by atoms with E-state index in [0.717, 1.165) is 12.2 Å². The van der Waals surface area contributed by atoms with Crippen molar-refractivity contribution in [2.75, 3.05) is 38.6 Å². The van der Waals surface area contributed by atoms with E-state index in [4.69, 9.17) is 4.74 Å². The summed E-state index contributed by atoms with van der Waals surface area (Å²) in [6, 6.07) is 9.18. The van der Waals surface area contributed by atoms with Gasteiger partial charge in [0.25, 0.3) is 0 Å². The van der Waals surface area contributed by atoms with Crippen molar-refractivity contribution in [1.29, 1.82) is 0 Å². The van der Waals surface area contributed by atoms with Crippen molar-refractivity contribution in [2.24, 2.45) is 0 Å². The third kappa shape index (κ3) is 6.01. The second-order valence-corrected chi connectivity index (χ2v) is 5.07. The Labute approximate surface area is 136 Å². The van der Waals surface area contributed by atoms with E-state index in [1.807, 2.05) is 18.2 Å². The average molecular weight is 328 g/mol. The fourth-order valence-corrected chi connectivity index (χ4v) is 2.13. The third-order valence-corrected chi connectivity index (χ3v) is 3.27. The lowest BCUT2D eigenvalue weighted by Gasteiger charge is -2.25. The van der Waals surface area contributed by atoms with Gasteiger partial charge in [0.15, 0.2) is 0 Å². The maximum absolute atomic E-state index is 12.0. The van der Waals surface area contributed by atoms with Crippen LogP contribution in [0.4, 0.5) is 5.69 Å². The number of carbonyl (C=O) groups excluding carboxylic acids is 2. The van der Waals surface area contributed by atoms with E-state index in [1.165, 1.54) is 4.90 Å². The maximum Gasteiger partial charge on any atom is 0.243 e. The number of hydrogen-bond acceptors (Lipinski definition) is 4. The number of para-hydroxylation sites is 1. The Balaban J connectivity index is 0.00000242. The number of morpholine rings is 1. The van der Waals surface area contributed by atoms with E-state index in [9.17, 15) is 9.59 Å². The van der Waals surface area contributed by atoms with Crippen LogP contribution in [-0.4, -0.2) is 56.1 Å². The van der Waals surface area contributed by atoms with Gasteiger partial charge in [0.1, 0.15) is 0 Å². The van der Waals surface area contributed by atoms with Gasteiger partial charge in [-0.05, 0) is 12.1 Å². The molecule has 1 atom stereocenters. The molecule has 6 nitrogen and oxygen atoms in total. The fourth-order valence-electron chi connectivity index (χ4n) is 2.13. The number of benzene rings is 1. The number of halogens is 1. The number of rotatable bonds is 5. The zero-order chi connectivity index (χ0) is 15.1. The van der Waals surface area contributed by atoms with Crippen molar-refractivity contribution in [3.05, 3.63) is 30.3 Å². The molecule has 1 aromatic carbocycles. The highest BCUT2D eigenvalue weighted by atomic mass is 35.5. The highest BCUT2D eigenvalue weighted by molar-refractivity contribution is 5.94. The van der Waals surface area contributed by atoms with Crippen molar-refractivity contribution in [1.82, 2.24) is 10.2 Å². The molecule has 1 fully saturated rings. The Hall–Kier alpha value is -1.63. The smallest absolute Gasteiger partial charge is 0.243 e. The first-order valence-corrected chi connectivity index (χ1v) is 7.06. The molecular weight excluding hydrogens is 306 g/mol. The molecule has 2 N–H and O–H groups in total. The minimum Gasteiger partial charge on any atom is -0.375 e. The monoisotopic (exact) mass is 327 g/mol. The van der Waals surface area contributed by atoms with E-state index in [2.05, 4.69) is 10.6 Å². The first-order valence-electron chi connectivity index (χ1n) is 7.06. The third-order valence-electron chi connectivity index (χ3n) is 3.27. The average Bonchev–Trinajstić information content (AvgIpc) is 2.49. The first kappa shape index (κ1) is 18.4. The summed E-state index contributed by atoms with van der Waals surface area (Å²) in [5.41, 5.74) is 0.725. The highest BCUT2D eigenvalue weighted by Gasteiger charge is 2.20. The molecule has 0 spiro atoms. The summed E-state index contributed by atoms with van der Waals surface area (Å²) in [6.07, 6.45) is 0.188. The minimum absolute atomic E-state index is 0. The number of ether oxygens (including phenoxy) is 1. The van der Waals surface area contributed by atoms with Crippen LogP contribution >= 0.6 is 12.4 Å². The number of nitrogens with one attached hydrogen (secondary N) is 2. The molecule has 7 heteroatoms. The van der Waals surface area contributed by atoms with Gasteiger partial charge in [0.05, 0.1) is 25.7 Å². The highest BCUT2D eigenvalue weighted by Crippen LogP contribution is 2.06. The fraction of sp³-hybridized carbons (Fsp3) is 0.467. The van der Waals surface area contributed by atoms with E-state index in [1.54, 1.807) is 19.2 Å². The molecule has 0 bridgehead atoms. The maximum atomic E-state index is 12.0. The van der Waals surface area contributed by atoms with Crippen molar-refractivity contribution in [2.45, 2.75) is 12.5 Å². The molecule has 1 aromatic rings. The van der Waals surface area contributed by atoms with Gasteiger partial charge < -0.3 is 20.3 Å². The van der Waals surface area contributed by atoms with Crippen LogP contribution in [-0.2, 0) is 14.3 Å². The van der Waals surface area contributed by atoms with E-state index < -0.39 is 0 Å². The van der Waals surface area contributed by atoms with Gasteiger partial charge in [0, 0.05) is 25.8 Å². The molecule has 1 aliphatic heterocycles. The summed E-state index contributed by atoms with van der Waals surface area (Å²) >= 11 is 0. The molecular formula is C15H22ClN3O3. The van der Waals surface area contributed by atoms with Crippen LogP contribution in [0.25, 0.3) is 0 Å². The van der Waals surface area contributed by atoms with E-state index in [0.29, 0.717) is 19.6 Å². The van der Waals surface area contributed by atoms with Crippen molar-refractivity contribution in [3.8, 4) is 0 Å². The zero-order valence-corrected chi connectivity index (χ0v) is 13.4. The molecule has 1 heterocycles. The number of hydrogen-bond donors (Lipinski definition) is 2. The van der Waals surface area contributed by atoms with Crippen LogP contribution in [0.3, 0.4) is 0 Å². The summed E-state index contributed by atoms with van der Waals surface area (Å²) in [7, 11) is 1.63. The lowest BCUT2D eigenvalue weighted by Crippen LogP contribution is -2.43. The molecule has 2 rings (SSSR count). The molecule has 0 aromatic heterocycles. The quantitative estimate of drug-likeness (QED) is 0.842. The van der Waals surface area contributed by atoms with Gasteiger partial charge in [-0.2, -0.15) is 0 Å². The molecule has 2 amide bonds. The van der Waals surface area contributed by atoms with Crippen molar-refractivity contribution in [3.63, 3.8) is 0 Å². The van der Waals surface area contributed by atoms with E-state index >= 15 is 0 Å². The Bertz CT molecular complexity index is 478. The van der Waals surface area contributed by atoms with Crippen LogP contribution in [0.1, 0.15) is 6.42 Å². The zero-order valence-electron chi connectivity index (χ0n) is 12.6. The topological polar surface area (TPSA) is 70.7 Å². The standard InChI is InChI=1S/C15H21N3O3.ClH/c1-18(15(20)9-13-10-16-7-8-21-13)11-14(19)17-12-5-3-2-4-6-12;/h2-6,13,16H,7-11H2,1H3,(H,17,19);1H. The molecule has 22 heavy (non-hydrogen) atoms. The number of amides is 2. The summed E-state index contributed by atoms with van der Waals surface area (Å²) in [5.74, 6) is -0.299. The molecule has 1 aliphatic rings. The predicted octanol–water partition coefficient (Wildman–Crippen LogP) is 0.884. The van der Waals surface area contributed by atoms with Gasteiger partial charge in [-0.15, -0.1) is 12.4 Å². The van der Waals surface area contributed by atoms with Crippen LogP contribution in [0, 0.1) is 0 Å². The molecule has 0 radical (unpaired) electrons. The summed E-state index contributed by atoms with van der Waals surface area (Å²) < 4.78 is 5.49. The minimum atomic E-state index is -0.209. The lowest BCUT2D eigenvalue weighted by molar-refractivity contribution is -0.136. The number of nitrogens with zero attached hydrogens (tertiary/aromatic N) is 1. The molecule has 122 valence electrons. The summed E-state index contributed by atoms with van der Waals surface area (Å²) in [4.78, 5) is 25.3. The largest absolute Gasteiger partial charge is 0.375 e. The number of carbonyl (C=O) groups is 2. The van der Waals surface area contributed by atoms with Gasteiger partial charge >= 0.3 is 0 Å². The second kappa shape index (κ2) is 9.40. The van der Waals surface area contributed by atoms with Crippen LogP contribution in [0.15, 0.2) is 30.3 Å². The summed E-state index contributed by atoms with van der Waals surface area (Å²) in [6.45, 7) is 2.15.